The molecule has 0 radical (unpaired) electrons. The van der Waals surface area contributed by atoms with Gasteiger partial charge in [0.05, 0.1) is 23.4 Å². The predicted molar refractivity (Wildman–Crippen MR) is 103 cm³/mol. The zero-order chi connectivity index (χ0) is 19.8. The summed E-state index contributed by atoms with van der Waals surface area (Å²) in [6.07, 6.45) is 2.99. The molecule has 3 rings (SSSR count). The molecule has 0 saturated heterocycles. The molecule has 2 aromatic carbocycles. The number of nitrogens with zero attached hydrogens (tertiary/aromatic N) is 2. The average molecular weight is 376 g/mol. The van der Waals surface area contributed by atoms with Crippen LogP contribution in [-0.2, 0) is 0 Å². The third-order valence-corrected chi connectivity index (χ3v) is 3.86. The highest BCUT2D eigenvalue weighted by Crippen LogP contribution is 2.06. The Labute approximate surface area is 161 Å². The number of hydrazone groups is 1. The Morgan fingerprint density at radius 1 is 0.893 bits per heavy atom. The number of carbonyl (C=O) groups is 2. The Kier molecular flexibility index (Phi) is 6.20. The monoisotopic (exact) mass is 376 g/mol. The smallest absolute Gasteiger partial charge is 0.272 e. The largest absolute Gasteiger partial charge is 0.346 e. The van der Waals surface area contributed by atoms with Gasteiger partial charge in [-0.05, 0) is 29.8 Å². The number of nitrogens with one attached hydrogen (secondary N) is 2. The van der Waals surface area contributed by atoms with Crippen molar-refractivity contribution in [3.05, 3.63) is 102 Å². The maximum atomic E-state index is 13.8. The van der Waals surface area contributed by atoms with E-state index in [-0.39, 0.29) is 12.1 Å². The van der Waals surface area contributed by atoms with Gasteiger partial charge < -0.3 is 5.32 Å². The van der Waals surface area contributed by atoms with E-state index in [2.05, 4.69) is 20.8 Å². The van der Waals surface area contributed by atoms with E-state index in [1.165, 1.54) is 24.4 Å². The van der Waals surface area contributed by atoms with Gasteiger partial charge in [-0.1, -0.05) is 42.5 Å². The van der Waals surface area contributed by atoms with Crippen LogP contribution in [0, 0.1) is 5.82 Å². The number of rotatable bonds is 6. The number of benzene rings is 2. The number of amides is 2. The molecular weight excluding hydrogens is 359 g/mol. The first-order valence-corrected chi connectivity index (χ1v) is 8.50. The Morgan fingerprint density at radius 3 is 2.32 bits per heavy atom. The lowest BCUT2D eigenvalue weighted by molar-refractivity contribution is 0.0950. The number of aromatic nitrogens is 1. The van der Waals surface area contributed by atoms with E-state index in [1.54, 1.807) is 36.5 Å². The molecule has 28 heavy (non-hydrogen) atoms. The maximum absolute atomic E-state index is 13.8. The van der Waals surface area contributed by atoms with Crippen LogP contribution in [-0.4, -0.2) is 29.1 Å². The summed E-state index contributed by atoms with van der Waals surface area (Å²) in [4.78, 5) is 28.3. The van der Waals surface area contributed by atoms with Gasteiger partial charge in [0.25, 0.3) is 11.8 Å². The Hall–Kier alpha value is -3.87. The highest BCUT2D eigenvalue weighted by Gasteiger charge is 2.13. The van der Waals surface area contributed by atoms with Crippen molar-refractivity contribution >= 4 is 17.5 Å². The van der Waals surface area contributed by atoms with E-state index in [0.29, 0.717) is 16.8 Å². The summed E-state index contributed by atoms with van der Waals surface area (Å²) in [5.74, 6) is -1.61. The van der Waals surface area contributed by atoms with Gasteiger partial charge in [-0.2, -0.15) is 5.10 Å². The van der Waals surface area contributed by atoms with Crippen molar-refractivity contribution in [2.24, 2.45) is 5.10 Å². The Morgan fingerprint density at radius 2 is 1.61 bits per heavy atom. The molecule has 0 bridgehead atoms. The third-order valence-electron chi connectivity index (χ3n) is 3.86. The van der Waals surface area contributed by atoms with Crippen molar-refractivity contribution in [2.45, 2.75) is 0 Å². The van der Waals surface area contributed by atoms with Gasteiger partial charge in [0, 0.05) is 12.4 Å². The molecule has 0 fully saturated rings. The zero-order valence-electron chi connectivity index (χ0n) is 14.8. The number of carbonyl (C=O) groups excluding carboxylic acids is 2. The summed E-state index contributed by atoms with van der Waals surface area (Å²) in [6, 6.07) is 18.0. The van der Waals surface area contributed by atoms with Crippen LogP contribution >= 0.6 is 0 Å². The van der Waals surface area contributed by atoms with Crippen LogP contribution in [0.1, 0.15) is 26.3 Å². The fraction of sp³-hybridized carbons (Fsp3) is 0.0476. The summed E-state index contributed by atoms with van der Waals surface area (Å²) in [7, 11) is 0. The minimum atomic E-state index is -0.608. The van der Waals surface area contributed by atoms with Crippen LogP contribution in [0.25, 0.3) is 0 Å². The van der Waals surface area contributed by atoms with Gasteiger partial charge in [-0.25, -0.2) is 9.82 Å². The lowest BCUT2D eigenvalue weighted by atomic mass is 10.1. The van der Waals surface area contributed by atoms with E-state index in [4.69, 9.17) is 0 Å². The summed E-state index contributed by atoms with van der Waals surface area (Å²) in [6.45, 7) is 0.00446. The van der Waals surface area contributed by atoms with Crippen LogP contribution in [0.4, 0.5) is 4.39 Å². The molecule has 0 atom stereocenters. The van der Waals surface area contributed by atoms with Crippen molar-refractivity contribution in [1.82, 2.24) is 15.7 Å². The van der Waals surface area contributed by atoms with Gasteiger partial charge in [-0.3, -0.25) is 14.6 Å². The fourth-order valence-corrected chi connectivity index (χ4v) is 2.42. The van der Waals surface area contributed by atoms with Crippen molar-refractivity contribution in [1.29, 1.82) is 0 Å². The van der Waals surface area contributed by atoms with Gasteiger partial charge in [0.15, 0.2) is 0 Å². The minimum Gasteiger partial charge on any atom is -0.346 e. The first kappa shape index (κ1) is 18.9. The molecule has 0 aliphatic heterocycles. The molecule has 0 spiro atoms. The maximum Gasteiger partial charge on any atom is 0.272 e. The van der Waals surface area contributed by atoms with Crippen LogP contribution < -0.4 is 10.7 Å². The first-order chi connectivity index (χ1) is 13.6. The van der Waals surface area contributed by atoms with Crippen molar-refractivity contribution in [2.75, 3.05) is 6.54 Å². The molecule has 140 valence electrons. The molecule has 2 N–H and O–H groups in total. The average Bonchev–Trinajstić information content (AvgIpc) is 2.75. The normalized spacial score (nSPS) is 11.0. The number of pyridine rings is 1. The molecule has 2 amide bonds. The van der Waals surface area contributed by atoms with E-state index in [0.717, 1.165) is 0 Å². The van der Waals surface area contributed by atoms with Crippen LogP contribution in [0.3, 0.4) is 0 Å². The molecule has 0 unspecified atom stereocenters. The lowest BCUT2D eigenvalue weighted by Crippen LogP contribution is -2.32. The second-order valence-electron chi connectivity index (χ2n) is 5.77. The predicted octanol–water partition coefficient (Wildman–Crippen LogP) is 2.78. The standard InChI is InChI=1S/C21H17FN4O2/c22-18-11-5-4-10-17(18)21(28)24-14-19(15-7-2-1-3-8-15)25-26-20(27)16-9-6-12-23-13-16/h1-13H,14H2,(H,24,28)(H,26,27)/b25-19+. The summed E-state index contributed by atoms with van der Waals surface area (Å²) < 4.78 is 13.8. The Bertz CT molecular complexity index is 992. The minimum absolute atomic E-state index is 0.00446. The van der Waals surface area contributed by atoms with Crippen LogP contribution in [0.15, 0.2) is 84.2 Å². The summed E-state index contributed by atoms with van der Waals surface area (Å²) in [5, 5.41) is 6.77. The number of halogens is 1. The van der Waals surface area contributed by atoms with Crippen molar-refractivity contribution in [3.63, 3.8) is 0 Å². The molecular formula is C21H17FN4O2. The second kappa shape index (κ2) is 9.18. The van der Waals surface area contributed by atoms with Gasteiger partial charge in [0.2, 0.25) is 0 Å². The lowest BCUT2D eigenvalue weighted by Gasteiger charge is -2.10. The molecule has 0 saturated carbocycles. The number of hydrogen-bond acceptors (Lipinski definition) is 4. The quantitative estimate of drug-likeness (QED) is 0.513. The highest BCUT2D eigenvalue weighted by molar-refractivity contribution is 6.06. The summed E-state index contributed by atoms with van der Waals surface area (Å²) in [5.41, 5.74) is 3.88. The van der Waals surface area contributed by atoms with E-state index < -0.39 is 17.6 Å². The highest BCUT2D eigenvalue weighted by atomic mass is 19.1. The molecule has 6 nitrogen and oxygen atoms in total. The van der Waals surface area contributed by atoms with E-state index in [9.17, 15) is 14.0 Å². The van der Waals surface area contributed by atoms with E-state index in [1.807, 2.05) is 18.2 Å². The molecule has 0 aliphatic carbocycles. The zero-order valence-corrected chi connectivity index (χ0v) is 14.8. The van der Waals surface area contributed by atoms with Gasteiger partial charge >= 0.3 is 0 Å². The third kappa shape index (κ3) is 4.85. The fourth-order valence-electron chi connectivity index (χ4n) is 2.42. The summed E-state index contributed by atoms with van der Waals surface area (Å²) >= 11 is 0. The first-order valence-electron chi connectivity index (χ1n) is 8.50. The number of hydrogen-bond donors (Lipinski definition) is 2. The molecule has 7 heteroatoms. The molecule has 1 aromatic heterocycles. The van der Waals surface area contributed by atoms with Crippen LogP contribution in [0.2, 0.25) is 0 Å². The SMILES string of the molecule is O=C(N/N=C(\CNC(=O)c1ccccc1F)c1ccccc1)c1cccnc1. The van der Waals surface area contributed by atoms with Gasteiger partial charge in [0.1, 0.15) is 5.82 Å². The molecule has 3 aromatic rings. The van der Waals surface area contributed by atoms with Crippen LogP contribution in [0.5, 0.6) is 0 Å². The molecule has 0 aliphatic rings. The second-order valence-corrected chi connectivity index (χ2v) is 5.77. The van der Waals surface area contributed by atoms with Crippen molar-refractivity contribution in [3.8, 4) is 0 Å². The van der Waals surface area contributed by atoms with E-state index >= 15 is 0 Å². The Balaban J connectivity index is 1.75. The molecule has 1 heterocycles. The van der Waals surface area contributed by atoms with Crippen molar-refractivity contribution < 1.29 is 14.0 Å². The topological polar surface area (TPSA) is 83.5 Å². The van der Waals surface area contributed by atoms with Gasteiger partial charge in [-0.15, -0.1) is 0 Å².